The van der Waals surface area contributed by atoms with E-state index in [0.29, 0.717) is 6.04 Å². The van der Waals surface area contributed by atoms with Crippen LogP contribution in [0.25, 0.3) is 0 Å². The SMILES string of the molecule is C1COC2(CCSC2)C(CC2CCOC2)N1. The third-order valence-electron chi connectivity index (χ3n) is 4.13. The Kier molecular flexibility index (Phi) is 3.43. The molecule has 3 aliphatic heterocycles. The summed E-state index contributed by atoms with van der Waals surface area (Å²) < 4.78 is 11.6. The summed E-state index contributed by atoms with van der Waals surface area (Å²) in [6, 6.07) is 0.558. The van der Waals surface area contributed by atoms with Gasteiger partial charge in [0.1, 0.15) is 0 Å². The van der Waals surface area contributed by atoms with E-state index in [-0.39, 0.29) is 5.60 Å². The highest BCUT2D eigenvalue weighted by molar-refractivity contribution is 7.99. The molecule has 4 heteroatoms. The molecule has 0 aromatic rings. The highest BCUT2D eigenvalue weighted by Gasteiger charge is 2.45. The summed E-state index contributed by atoms with van der Waals surface area (Å²) in [5, 5.41) is 3.68. The van der Waals surface area contributed by atoms with Gasteiger partial charge in [0.05, 0.1) is 12.2 Å². The van der Waals surface area contributed by atoms with Crippen molar-refractivity contribution in [2.24, 2.45) is 5.92 Å². The first-order chi connectivity index (χ1) is 7.89. The van der Waals surface area contributed by atoms with E-state index in [1.165, 1.54) is 30.8 Å². The molecule has 0 saturated carbocycles. The molecule has 3 nitrogen and oxygen atoms in total. The fourth-order valence-corrected chi connectivity index (χ4v) is 4.53. The molecule has 1 N–H and O–H groups in total. The molecule has 3 atom stereocenters. The molecule has 0 aliphatic carbocycles. The first-order valence-corrected chi connectivity index (χ1v) is 7.57. The minimum absolute atomic E-state index is 0.144. The summed E-state index contributed by atoms with van der Waals surface area (Å²) in [6.07, 6.45) is 3.70. The van der Waals surface area contributed by atoms with Crippen LogP contribution in [0.5, 0.6) is 0 Å². The maximum atomic E-state index is 6.13. The zero-order chi connectivity index (χ0) is 10.8. The topological polar surface area (TPSA) is 30.5 Å². The number of hydrogen-bond donors (Lipinski definition) is 1. The summed E-state index contributed by atoms with van der Waals surface area (Å²) in [6.45, 7) is 3.82. The van der Waals surface area contributed by atoms with E-state index in [0.717, 1.165) is 32.3 Å². The molecule has 0 amide bonds. The fraction of sp³-hybridized carbons (Fsp3) is 1.00. The number of hydrogen-bond acceptors (Lipinski definition) is 4. The number of thioether (sulfide) groups is 1. The second-order valence-corrected chi connectivity index (χ2v) is 6.29. The van der Waals surface area contributed by atoms with Crippen LogP contribution in [0.4, 0.5) is 0 Å². The van der Waals surface area contributed by atoms with E-state index in [9.17, 15) is 0 Å². The second kappa shape index (κ2) is 4.84. The number of ether oxygens (including phenoxy) is 2. The molecule has 3 fully saturated rings. The van der Waals surface area contributed by atoms with Crippen LogP contribution in [0.1, 0.15) is 19.3 Å². The molecule has 3 heterocycles. The lowest BCUT2D eigenvalue weighted by atomic mass is 9.85. The largest absolute Gasteiger partial charge is 0.381 e. The summed E-state index contributed by atoms with van der Waals surface area (Å²) in [5.74, 6) is 3.19. The number of nitrogens with one attached hydrogen (secondary N) is 1. The molecule has 3 unspecified atom stereocenters. The van der Waals surface area contributed by atoms with Crippen molar-refractivity contribution < 1.29 is 9.47 Å². The number of rotatable bonds is 2. The van der Waals surface area contributed by atoms with E-state index >= 15 is 0 Å². The summed E-state index contributed by atoms with van der Waals surface area (Å²) in [5.41, 5.74) is 0.144. The van der Waals surface area contributed by atoms with E-state index in [4.69, 9.17) is 9.47 Å². The molecule has 92 valence electrons. The van der Waals surface area contributed by atoms with Gasteiger partial charge in [-0.15, -0.1) is 0 Å². The average molecular weight is 243 g/mol. The number of morpholine rings is 1. The molecular formula is C12H21NO2S. The Hall–Kier alpha value is 0.230. The van der Waals surface area contributed by atoms with Gasteiger partial charge in [0.25, 0.3) is 0 Å². The molecule has 16 heavy (non-hydrogen) atoms. The van der Waals surface area contributed by atoms with Gasteiger partial charge in [-0.25, -0.2) is 0 Å². The van der Waals surface area contributed by atoms with E-state index < -0.39 is 0 Å². The maximum absolute atomic E-state index is 6.13. The Labute approximate surface area is 102 Å². The van der Waals surface area contributed by atoms with Crippen LogP contribution in [0, 0.1) is 5.92 Å². The van der Waals surface area contributed by atoms with Crippen molar-refractivity contribution in [2.45, 2.75) is 30.9 Å². The van der Waals surface area contributed by atoms with Crippen molar-refractivity contribution in [1.29, 1.82) is 0 Å². The van der Waals surface area contributed by atoms with Crippen molar-refractivity contribution in [3.8, 4) is 0 Å². The van der Waals surface area contributed by atoms with Gasteiger partial charge in [0, 0.05) is 31.6 Å². The Balaban J connectivity index is 1.65. The van der Waals surface area contributed by atoms with E-state index in [2.05, 4.69) is 5.32 Å². The summed E-state index contributed by atoms with van der Waals surface area (Å²) >= 11 is 2.04. The van der Waals surface area contributed by atoms with Gasteiger partial charge in [-0.1, -0.05) is 0 Å². The standard InChI is InChI=1S/C12H21NO2S/c1-4-14-8-10(1)7-11-12(2-6-16-9-12)15-5-3-13-11/h10-11,13H,1-9H2. The van der Waals surface area contributed by atoms with E-state index in [1.54, 1.807) is 0 Å². The Morgan fingerprint density at radius 1 is 1.38 bits per heavy atom. The molecule has 0 aromatic carbocycles. The van der Waals surface area contributed by atoms with Crippen LogP contribution in [0.15, 0.2) is 0 Å². The second-order valence-electron chi connectivity index (χ2n) is 5.19. The normalized spacial score (nSPS) is 44.2. The van der Waals surface area contributed by atoms with E-state index in [1.807, 2.05) is 11.8 Å². The summed E-state index contributed by atoms with van der Waals surface area (Å²) in [4.78, 5) is 0. The van der Waals surface area contributed by atoms with Crippen LogP contribution in [-0.4, -0.2) is 49.5 Å². The van der Waals surface area contributed by atoms with Gasteiger partial charge in [-0.3, -0.25) is 0 Å². The zero-order valence-corrected chi connectivity index (χ0v) is 10.6. The molecule has 0 aromatic heterocycles. The molecule has 0 bridgehead atoms. The van der Waals surface area contributed by atoms with Gasteiger partial charge in [-0.05, 0) is 30.9 Å². The van der Waals surface area contributed by atoms with Gasteiger partial charge in [-0.2, -0.15) is 11.8 Å². The molecule has 3 saturated heterocycles. The van der Waals surface area contributed by atoms with Crippen molar-refractivity contribution >= 4 is 11.8 Å². The predicted molar refractivity (Wildman–Crippen MR) is 66.0 cm³/mol. The van der Waals surface area contributed by atoms with Crippen LogP contribution < -0.4 is 5.32 Å². The summed E-state index contributed by atoms with van der Waals surface area (Å²) in [7, 11) is 0. The quantitative estimate of drug-likeness (QED) is 0.791. The van der Waals surface area contributed by atoms with Crippen LogP contribution in [-0.2, 0) is 9.47 Å². The van der Waals surface area contributed by atoms with Gasteiger partial charge < -0.3 is 14.8 Å². The molecular weight excluding hydrogens is 222 g/mol. The lowest BCUT2D eigenvalue weighted by molar-refractivity contribution is -0.0834. The molecule has 1 spiro atoms. The lowest BCUT2D eigenvalue weighted by Gasteiger charge is -2.42. The third kappa shape index (κ3) is 2.13. The van der Waals surface area contributed by atoms with Gasteiger partial charge >= 0.3 is 0 Å². The smallest absolute Gasteiger partial charge is 0.0933 e. The van der Waals surface area contributed by atoms with Crippen molar-refractivity contribution in [2.75, 3.05) is 37.9 Å². The highest BCUT2D eigenvalue weighted by atomic mass is 32.2. The fourth-order valence-electron chi connectivity index (χ4n) is 3.13. The van der Waals surface area contributed by atoms with Gasteiger partial charge in [0.15, 0.2) is 0 Å². The highest BCUT2D eigenvalue weighted by Crippen LogP contribution is 2.38. The van der Waals surface area contributed by atoms with Crippen molar-refractivity contribution in [3.63, 3.8) is 0 Å². The average Bonchev–Trinajstić information content (AvgIpc) is 2.94. The predicted octanol–water partition coefficient (Wildman–Crippen LogP) is 1.28. The Morgan fingerprint density at radius 2 is 2.38 bits per heavy atom. The monoisotopic (exact) mass is 243 g/mol. The van der Waals surface area contributed by atoms with Crippen LogP contribution in [0.2, 0.25) is 0 Å². The van der Waals surface area contributed by atoms with Crippen molar-refractivity contribution in [3.05, 3.63) is 0 Å². The Bertz CT molecular complexity index is 237. The first-order valence-electron chi connectivity index (χ1n) is 6.42. The van der Waals surface area contributed by atoms with Gasteiger partial charge in [0.2, 0.25) is 0 Å². The molecule has 0 radical (unpaired) electrons. The van der Waals surface area contributed by atoms with Crippen molar-refractivity contribution in [1.82, 2.24) is 5.32 Å². The first kappa shape index (κ1) is 11.3. The Morgan fingerprint density at radius 3 is 3.12 bits per heavy atom. The minimum atomic E-state index is 0.144. The zero-order valence-electron chi connectivity index (χ0n) is 9.74. The van der Waals surface area contributed by atoms with Crippen LogP contribution >= 0.6 is 11.8 Å². The molecule has 3 rings (SSSR count). The van der Waals surface area contributed by atoms with Crippen LogP contribution in [0.3, 0.4) is 0 Å². The maximum Gasteiger partial charge on any atom is 0.0933 e. The lowest BCUT2D eigenvalue weighted by Crippen LogP contribution is -2.58. The third-order valence-corrected chi connectivity index (χ3v) is 5.31. The molecule has 3 aliphatic rings. The minimum Gasteiger partial charge on any atom is -0.381 e.